The number of carbonyl (C=O) groups excluding carboxylic acids is 2. The van der Waals surface area contributed by atoms with Crippen molar-refractivity contribution in [3.63, 3.8) is 0 Å². The minimum atomic E-state index is -1.71. The van der Waals surface area contributed by atoms with Gasteiger partial charge in [-0.05, 0) is 36.8 Å². The first-order chi connectivity index (χ1) is 13.4. The molecule has 1 aromatic heterocycles. The van der Waals surface area contributed by atoms with Crippen LogP contribution in [-0.2, 0) is 19.1 Å². The minimum absolute atomic E-state index is 0.136. The Hall–Kier alpha value is -1.96. The van der Waals surface area contributed by atoms with E-state index in [-0.39, 0.29) is 36.8 Å². The normalized spacial score (nSPS) is 42.7. The van der Waals surface area contributed by atoms with Crippen molar-refractivity contribution in [3.05, 3.63) is 35.3 Å². The first-order valence-electron chi connectivity index (χ1n) is 9.90. The Morgan fingerprint density at radius 2 is 2.14 bits per heavy atom. The highest BCUT2D eigenvalue weighted by atomic mass is 16.6. The van der Waals surface area contributed by atoms with Crippen molar-refractivity contribution in [2.75, 3.05) is 13.2 Å². The van der Waals surface area contributed by atoms with Crippen molar-refractivity contribution in [1.29, 1.82) is 0 Å². The fourth-order valence-corrected chi connectivity index (χ4v) is 6.16. The largest absolute Gasteiger partial charge is 0.472 e. The summed E-state index contributed by atoms with van der Waals surface area (Å²) in [6.45, 7) is 1.34. The standard InChI is InChI=1S/C21H24O7/c1-11-15(8-22)21(25)18-13(16(23)10-27-21)3-2-4-14(18)20(11)7-17(28-19(20)24)12-5-6-26-9-12/h5-6,9,11,14-15,17,22,25H,2-4,7-8,10H2,1H3/t11-,14+,15-,17+,20-,21+/m1/s1. The second-order valence-corrected chi connectivity index (χ2v) is 8.52. The summed E-state index contributed by atoms with van der Waals surface area (Å²) in [5.74, 6) is -3.61. The summed E-state index contributed by atoms with van der Waals surface area (Å²) in [6.07, 6.45) is 5.12. The predicted molar refractivity (Wildman–Crippen MR) is 94.6 cm³/mol. The second kappa shape index (κ2) is 6.02. The van der Waals surface area contributed by atoms with E-state index >= 15 is 0 Å². The quantitative estimate of drug-likeness (QED) is 0.745. The molecule has 2 N–H and O–H groups in total. The number of Topliss-reactive ketones (excluding diaryl/α,β-unsaturated/α-hetero) is 1. The third kappa shape index (κ3) is 2.10. The van der Waals surface area contributed by atoms with Crippen LogP contribution in [0.1, 0.15) is 44.3 Å². The van der Waals surface area contributed by atoms with Crippen LogP contribution in [-0.4, -0.2) is 41.0 Å². The number of rotatable bonds is 2. The lowest BCUT2D eigenvalue weighted by atomic mass is 9.49. The van der Waals surface area contributed by atoms with Crippen LogP contribution in [0.25, 0.3) is 0 Å². The number of hydrogen-bond donors (Lipinski definition) is 2. The van der Waals surface area contributed by atoms with Gasteiger partial charge in [0.05, 0.1) is 24.5 Å². The van der Waals surface area contributed by atoms with Gasteiger partial charge >= 0.3 is 5.97 Å². The van der Waals surface area contributed by atoms with Crippen molar-refractivity contribution in [2.24, 2.45) is 23.2 Å². The third-order valence-corrected chi connectivity index (χ3v) is 7.54. The second-order valence-electron chi connectivity index (χ2n) is 8.52. The van der Waals surface area contributed by atoms with Crippen molar-refractivity contribution >= 4 is 11.8 Å². The molecule has 2 aliphatic carbocycles. The molecule has 1 saturated carbocycles. The number of esters is 1. The molecule has 150 valence electrons. The molecule has 0 amide bonds. The van der Waals surface area contributed by atoms with Crippen LogP contribution in [0.15, 0.2) is 34.2 Å². The predicted octanol–water partition coefficient (Wildman–Crippen LogP) is 1.90. The number of fused-ring (bicyclic) bond motifs is 1. The summed E-state index contributed by atoms with van der Waals surface area (Å²) in [4.78, 5) is 25.9. The monoisotopic (exact) mass is 388 g/mol. The Morgan fingerprint density at radius 3 is 2.86 bits per heavy atom. The van der Waals surface area contributed by atoms with Crippen LogP contribution in [0, 0.1) is 23.2 Å². The van der Waals surface area contributed by atoms with Crippen molar-refractivity contribution in [1.82, 2.24) is 0 Å². The zero-order valence-electron chi connectivity index (χ0n) is 15.7. The average molecular weight is 388 g/mol. The highest BCUT2D eigenvalue weighted by Gasteiger charge is 2.69. The van der Waals surface area contributed by atoms with E-state index < -0.39 is 23.2 Å². The van der Waals surface area contributed by atoms with Gasteiger partial charge in [0.15, 0.2) is 11.6 Å². The lowest BCUT2D eigenvalue weighted by Gasteiger charge is -2.58. The highest BCUT2D eigenvalue weighted by Crippen LogP contribution is 2.65. The minimum Gasteiger partial charge on any atom is -0.472 e. The van der Waals surface area contributed by atoms with Crippen LogP contribution in [0.2, 0.25) is 0 Å². The van der Waals surface area contributed by atoms with E-state index in [9.17, 15) is 19.8 Å². The zero-order chi connectivity index (χ0) is 19.7. The molecule has 0 aromatic carbocycles. The molecular formula is C21H24O7. The summed E-state index contributed by atoms with van der Waals surface area (Å²) >= 11 is 0. The number of ketones is 1. The Kier molecular flexibility index (Phi) is 3.89. The van der Waals surface area contributed by atoms with Gasteiger partial charge in [-0.15, -0.1) is 0 Å². The molecule has 7 heteroatoms. The molecule has 6 atom stereocenters. The van der Waals surface area contributed by atoms with E-state index in [4.69, 9.17) is 13.9 Å². The molecule has 0 unspecified atom stereocenters. The van der Waals surface area contributed by atoms with Crippen LogP contribution in [0.3, 0.4) is 0 Å². The fourth-order valence-electron chi connectivity index (χ4n) is 6.16. The molecule has 1 aromatic rings. The summed E-state index contributed by atoms with van der Waals surface area (Å²) in [7, 11) is 0. The third-order valence-electron chi connectivity index (χ3n) is 7.54. The topological polar surface area (TPSA) is 106 Å². The summed E-state index contributed by atoms with van der Waals surface area (Å²) in [5.41, 5.74) is 0.967. The Morgan fingerprint density at radius 1 is 1.32 bits per heavy atom. The smallest absolute Gasteiger partial charge is 0.313 e. The number of ether oxygens (including phenoxy) is 2. The van der Waals surface area contributed by atoms with E-state index in [0.717, 1.165) is 12.0 Å². The summed E-state index contributed by atoms with van der Waals surface area (Å²) in [6, 6.07) is 1.78. The molecule has 4 aliphatic rings. The maximum absolute atomic E-state index is 13.3. The number of aliphatic hydroxyl groups excluding tert-OH is 1. The van der Waals surface area contributed by atoms with Gasteiger partial charge in [-0.1, -0.05) is 6.92 Å². The van der Waals surface area contributed by atoms with Gasteiger partial charge in [-0.25, -0.2) is 0 Å². The zero-order valence-corrected chi connectivity index (χ0v) is 15.7. The van der Waals surface area contributed by atoms with E-state index in [1.165, 1.54) is 0 Å². The fraction of sp³-hybridized carbons (Fsp3) is 0.619. The molecule has 7 nitrogen and oxygen atoms in total. The molecule has 2 aliphatic heterocycles. The molecule has 1 saturated heterocycles. The average Bonchev–Trinajstić information content (AvgIpc) is 3.33. The summed E-state index contributed by atoms with van der Waals surface area (Å²) < 4.78 is 16.6. The van der Waals surface area contributed by atoms with Crippen molar-refractivity contribution in [2.45, 2.75) is 44.5 Å². The number of hydrogen-bond acceptors (Lipinski definition) is 7. The van der Waals surface area contributed by atoms with Crippen molar-refractivity contribution in [3.8, 4) is 0 Å². The molecule has 0 bridgehead atoms. The number of aliphatic hydroxyl groups is 2. The molecule has 5 rings (SSSR count). The first kappa shape index (κ1) is 18.1. The van der Waals surface area contributed by atoms with Gasteiger partial charge < -0.3 is 24.1 Å². The van der Waals surface area contributed by atoms with Gasteiger partial charge in [-0.3, -0.25) is 9.59 Å². The molecule has 1 spiro atoms. The van der Waals surface area contributed by atoms with E-state index in [2.05, 4.69) is 0 Å². The SMILES string of the molecule is C[C@@H]1[C@@H](CO)[C@]2(O)OCC(=O)C3=C2[C@H](CCC3)[C@@]12C[C@@H](c1ccoc1)OC2=O. The lowest BCUT2D eigenvalue weighted by molar-refractivity contribution is -0.263. The molecular weight excluding hydrogens is 364 g/mol. The maximum Gasteiger partial charge on any atom is 0.313 e. The lowest BCUT2D eigenvalue weighted by Crippen LogP contribution is -2.64. The first-order valence-corrected chi connectivity index (χ1v) is 9.90. The van der Waals surface area contributed by atoms with Crippen LogP contribution < -0.4 is 0 Å². The Bertz CT molecular complexity index is 856. The molecule has 28 heavy (non-hydrogen) atoms. The van der Waals surface area contributed by atoms with Gasteiger partial charge in [0.2, 0.25) is 0 Å². The number of cyclic esters (lactones) is 1. The Balaban J connectivity index is 1.68. The van der Waals surface area contributed by atoms with E-state index in [0.29, 0.717) is 30.4 Å². The summed E-state index contributed by atoms with van der Waals surface area (Å²) in [5, 5.41) is 21.6. The van der Waals surface area contributed by atoms with Crippen LogP contribution in [0.4, 0.5) is 0 Å². The van der Waals surface area contributed by atoms with Gasteiger partial charge in [0.1, 0.15) is 12.7 Å². The van der Waals surface area contributed by atoms with Crippen LogP contribution in [0.5, 0.6) is 0 Å². The molecule has 2 fully saturated rings. The molecule has 3 heterocycles. The van der Waals surface area contributed by atoms with Gasteiger partial charge in [0.25, 0.3) is 0 Å². The Labute approximate surface area is 162 Å². The van der Waals surface area contributed by atoms with Gasteiger partial charge in [0, 0.05) is 29.4 Å². The highest BCUT2D eigenvalue weighted by molar-refractivity contribution is 5.99. The molecule has 0 radical (unpaired) electrons. The van der Waals surface area contributed by atoms with E-state index in [1.54, 1.807) is 18.6 Å². The van der Waals surface area contributed by atoms with E-state index in [1.807, 2.05) is 6.92 Å². The maximum atomic E-state index is 13.3. The number of furan rings is 1. The van der Waals surface area contributed by atoms with Crippen LogP contribution >= 0.6 is 0 Å². The van der Waals surface area contributed by atoms with Gasteiger partial charge in [-0.2, -0.15) is 0 Å². The number of carbonyl (C=O) groups is 2. The van der Waals surface area contributed by atoms with Crippen molar-refractivity contribution < 1.29 is 33.7 Å².